The minimum Gasteiger partial charge on any atom is -0.352 e. The van der Waals surface area contributed by atoms with Gasteiger partial charge in [-0.1, -0.05) is 28.9 Å². The molecule has 0 radical (unpaired) electrons. The van der Waals surface area contributed by atoms with Crippen molar-refractivity contribution in [3.05, 3.63) is 34.4 Å². The Bertz CT molecular complexity index is 601. The van der Waals surface area contributed by atoms with Gasteiger partial charge >= 0.3 is 0 Å². The highest BCUT2D eigenvalue weighted by atomic mass is 79.9. The molecule has 0 aliphatic carbocycles. The predicted octanol–water partition coefficient (Wildman–Crippen LogP) is 4.12. The number of hydrogen-bond acceptors (Lipinski definition) is 1. The summed E-state index contributed by atoms with van der Waals surface area (Å²) >= 11 is 3.49. The summed E-state index contributed by atoms with van der Waals surface area (Å²) in [7, 11) is 0. The van der Waals surface area contributed by atoms with E-state index < -0.39 is 0 Å². The third-order valence-electron chi connectivity index (χ3n) is 3.13. The summed E-state index contributed by atoms with van der Waals surface area (Å²) in [5.41, 5.74) is 1.84. The fourth-order valence-corrected chi connectivity index (χ4v) is 2.52. The Morgan fingerprint density at radius 3 is 2.79 bits per heavy atom. The summed E-state index contributed by atoms with van der Waals surface area (Å²) in [6.07, 6.45) is 2.90. The van der Waals surface area contributed by atoms with Crippen LogP contribution in [0.3, 0.4) is 0 Å². The van der Waals surface area contributed by atoms with Crippen molar-refractivity contribution < 1.29 is 4.79 Å². The van der Waals surface area contributed by atoms with Crippen LogP contribution in [0.15, 0.2) is 28.9 Å². The zero-order valence-corrected chi connectivity index (χ0v) is 13.1. The number of nitrogens with zero attached hydrogens (tertiary/aromatic N) is 1. The van der Waals surface area contributed by atoms with Gasteiger partial charge in [0.2, 0.25) is 0 Å². The molecule has 0 unspecified atom stereocenters. The molecule has 0 aliphatic rings. The van der Waals surface area contributed by atoms with E-state index in [0.717, 1.165) is 27.4 Å². The van der Waals surface area contributed by atoms with Gasteiger partial charge in [-0.15, -0.1) is 0 Å². The van der Waals surface area contributed by atoms with E-state index in [1.165, 1.54) is 0 Å². The van der Waals surface area contributed by atoms with Crippen LogP contribution in [0.1, 0.15) is 43.6 Å². The molecule has 0 saturated heterocycles. The van der Waals surface area contributed by atoms with Crippen molar-refractivity contribution in [1.29, 1.82) is 0 Å². The number of carbonyl (C=O) groups excluding carboxylic acids is 1. The van der Waals surface area contributed by atoms with Crippen LogP contribution in [-0.4, -0.2) is 17.0 Å². The zero-order chi connectivity index (χ0) is 14.0. The number of aromatic nitrogens is 1. The third-order valence-corrected chi connectivity index (χ3v) is 3.63. The smallest absolute Gasteiger partial charge is 0.253 e. The lowest BCUT2D eigenvalue weighted by atomic mass is 10.1. The summed E-state index contributed by atoms with van der Waals surface area (Å²) < 4.78 is 3.17. The van der Waals surface area contributed by atoms with Gasteiger partial charge in [0.25, 0.3) is 5.91 Å². The Balaban J connectivity index is 2.53. The van der Waals surface area contributed by atoms with Crippen LogP contribution in [0, 0.1) is 0 Å². The van der Waals surface area contributed by atoms with Gasteiger partial charge in [0.05, 0.1) is 11.1 Å². The molecule has 0 saturated carbocycles. The van der Waals surface area contributed by atoms with Crippen LogP contribution in [0.25, 0.3) is 10.9 Å². The number of hydrogen-bond donors (Lipinski definition) is 1. The van der Waals surface area contributed by atoms with E-state index in [9.17, 15) is 4.79 Å². The summed E-state index contributed by atoms with van der Waals surface area (Å²) in [4.78, 5) is 12.2. The zero-order valence-electron chi connectivity index (χ0n) is 11.5. The fraction of sp³-hybridized carbons (Fsp3) is 0.400. The van der Waals surface area contributed by atoms with E-state index in [2.05, 4.69) is 52.7 Å². The summed E-state index contributed by atoms with van der Waals surface area (Å²) in [6.45, 7) is 7.00. The van der Waals surface area contributed by atoms with E-state index in [1.54, 1.807) is 0 Å². The molecule has 0 fully saturated rings. The Labute approximate surface area is 122 Å². The summed E-state index contributed by atoms with van der Waals surface area (Å²) in [5.74, 6) is 0.00794. The van der Waals surface area contributed by atoms with Gasteiger partial charge in [0, 0.05) is 28.6 Å². The minimum atomic E-state index is 0.00794. The first-order chi connectivity index (χ1) is 9.04. The first-order valence-corrected chi connectivity index (χ1v) is 7.42. The molecule has 2 rings (SSSR count). The van der Waals surface area contributed by atoms with Crippen LogP contribution in [-0.2, 0) is 0 Å². The Morgan fingerprint density at radius 1 is 1.42 bits per heavy atom. The maximum atomic E-state index is 12.2. The molecular weight excluding hydrogens is 304 g/mol. The van der Waals surface area contributed by atoms with E-state index in [-0.39, 0.29) is 5.91 Å². The van der Waals surface area contributed by atoms with Crippen LogP contribution in [0.5, 0.6) is 0 Å². The van der Waals surface area contributed by atoms with Crippen molar-refractivity contribution in [2.45, 2.75) is 33.2 Å². The van der Waals surface area contributed by atoms with Crippen LogP contribution in [0.2, 0.25) is 0 Å². The Kier molecular flexibility index (Phi) is 4.30. The molecule has 1 aromatic carbocycles. The van der Waals surface area contributed by atoms with Crippen molar-refractivity contribution in [2.75, 3.05) is 6.54 Å². The highest BCUT2D eigenvalue weighted by Crippen LogP contribution is 2.27. The lowest BCUT2D eigenvalue weighted by Crippen LogP contribution is -2.23. The molecule has 1 amide bonds. The van der Waals surface area contributed by atoms with Gasteiger partial charge in [-0.3, -0.25) is 4.79 Å². The van der Waals surface area contributed by atoms with Gasteiger partial charge in [-0.25, -0.2) is 0 Å². The molecule has 0 spiro atoms. The second-order valence-corrected chi connectivity index (χ2v) is 5.88. The number of benzene rings is 1. The number of amides is 1. The van der Waals surface area contributed by atoms with Gasteiger partial charge < -0.3 is 9.88 Å². The van der Waals surface area contributed by atoms with E-state index in [4.69, 9.17) is 0 Å². The molecule has 0 aliphatic heterocycles. The lowest BCUT2D eigenvalue weighted by Gasteiger charge is -2.08. The van der Waals surface area contributed by atoms with Crippen LogP contribution < -0.4 is 5.32 Å². The topological polar surface area (TPSA) is 34.0 Å². The molecule has 102 valence electrons. The third kappa shape index (κ3) is 2.84. The standard InChI is InChI=1S/C15H19BrN2O/c1-4-7-17-15(19)13-9-18(10(2)3)14-8-11(16)5-6-12(13)14/h5-6,8-10H,4,7H2,1-3H3,(H,17,19). The average molecular weight is 323 g/mol. The Morgan fingerprint density at radius 2 is 2.16 bits per heavy atom. The van der Waals surface area contributed by atoms with Crippen molar-refractivity contribution in [3.63, 3.8) is 0 Å². The predicted molar refractivity (Wildman–Crippen MR) is 82.6 cm³/mol. The molecule has 4 heteroatoms. The molecule has 1 heterocycles. The van der Waals surface area contributed by atoms with Gasteiger partial charge in [0.1, 0.15) is 0 Å². The number of halogens is 1. The van der Waals surface area contributed by atoms with Crippen molar-refractivity contribution in [1.82, 2.24) is 9.88 Å². The van der Waals surface area contributed by atoms with E-state index in [1.807, 2.05) is 18.3 Å². The minimum absolute atomic E-state index is 0.00794. The quantitative estimate of drug-likeness (QED) is 0.902. The number of carbonyl (C=O) groups is 1. The van der Waals surface area contributed by atoms with Crippen LogP contribution in [0.4, 0.5) is 0 Å². The maximum Gasteiger partial charge on any atom is 0.253 e. The monoisotopic (exact) mass is 322 g/mol. The second kappa shape index (κ2) is 5.78. The molecule has 1 N–H and O–H groups in total. The fourth-order valence-electron chi connectivity index (χ4n) is 2.17. The lowest BCUT2D eigenvalue weighted by molar-refractivity contribution is 0.0955. The molecule has 3 nitrogen and oxygen atoms in total. The largest absolute Gasteiger partial charge is 0.352 e. The van der Waals surface area contributed by atoms with Crippen LogP contribution >= 0.6 is 15.9 Å². The van der Waals surface area contributed by atoms with Crippen molar-refractivity contribution in [3.8, 4) is 0 Å². The highest BCUT2D eigenvalue weighted by molar-refractivity contribution is 9.10. The molecule has 0 bridgehead atoms. The molecule has 0 atom stereocenters. The van der Waals surface area contributed by atoms with Crippen molar-refractivity contribution in [2.24, 2.45) is 0 Å². The van der Waals surface area contributed by atoms with E-state index in [0.29, 0.717) is 12.6 Å². The Hall–Kier alpha value is -1.29. The number of fused-ring (bicyclic) bond motifs is 1. The molecule has 1 aromatic heterocycles. The summed E-state index contributed by atoms with van der Waals surface area (Å²) in [6, 6.07) is 6.36. The molecular formula is C15H19BrN2O. The maximum absolute atomic E-state index is 12.2. The number of rotatable bonds is 4. The van der Waals surface area contributed by atoms with Crippen molar-refractivity contribution >= 4 is 32.7 Å². The first kappa shape index (κ1) is 14.1. The SMILES string of the molecule is CCCNC(=O)c1cn(C(C)C)c2cc(Br)ccc12. The summed E-state index contributed by atoms with van der Waals surface area (Å²) in [5, 5.41) is 3.95. The first-order valence-electron chi connectivity index (χ1n) is 6.63. The molecule has 2 aromatic rings. The van der Waals surface area contributed by atoms with Gasteiger partial charge in [-0.2, -0.15) is 0 Å². The van der Waals surface area contributed by atoms with Gasteiger partial charge in [0.15, 0.2) is 0 Å². The molecule has 19 heavy (non-hydrogen) atoms. The van der Waals surface area contributed by atoms with Gasteiger partial charge in [-0.05, 0) is 32.4 Å². The second-order valence-electron chi connectivity index (χ2n) is 4.96. The number of nitrogens with one attached hydrogen (secondary N) is 1. The highest BCUT2D eigenvalue weighted by Gasteiger charge is 2.16. The normalized spacial score (nSPS) is 11.2. The van der Waals surface area contributed by atoms with E-state index >= 15 is 0 Å². The average Bonchev–Trinajstić information content (AvgIpc) is 2.74.